The van der Waals surface area contributed by atoms with Gasteiger partial charge in [-0.25, -0.2) is 0 Å². The molecule has 0 atom stereocenters. The number of aromatic amines is 1. The molecule has 0 radical (unpaired) electrons. The van der Waals surface area contributed by atoms with Crippen molar-refractivity contribution in [2.45, 2.75) is 6.92 Å². The van der Waals surface area contributed by atoms with E-state index in [-0.39, 0.29) is 17.2 Å². The standard InChI is InChI=1S/C12H13N3O2/c1-7-5-11(16)9(12(17)13-2)6-8(7)10-3-4-14-15-10/h3-6,16H,1-2H3,(H,13,17)(H,14,15). The molecule has 17 heavy (non-hydrogen) atoms. The Kier molecular flexibility index (Phi) is 2.82. The smallest absolute Gasteiger partial charge is 0.254 e. The van der Waals surface area contributed by atoms with Crippen molar-refractivity contribution in [2.24, 2.45) is 0 Å². The normalized spacial score (nSPS) is 10.2. The zero-order valence-corrected chi connectivity index (χ0v) is 9.61. The van der Waals surface area contributed by atoms with Crippen LogP contribution in [0.1, 0.15) is 15.9 Å². The first kappa shape index (κ1) is 11.2. The van der Waals surface area contributed by atoms with Crippen molar-refractivity contribution in [1.82, 2.24) is 15.5 Å². The van der Waals surface area contributed by atoms with Crippen LogP contribution in [0.4, 0.5) is 0 Å². The lowest BCUT2D eigenvalue weighted by atomic mass is 10.0. The Labute approximate surface area is 98.5 Å². The molecule has 1 heterocycles. The lowest BCUT2D eigenvalue weighted by molar-refractivity contribution is 0.0960. The third-order valence-corrected chi connectivity index (χ3v) is 2.61. The second kappa shape index (κ2) is 4.29. The molecule has 88 valence electrons. The Hall–Kier alpha value is -2.30. The van der Waals surface area contributed by atoms with Gasteiger partial charge >= 0.3 is 0 Å². The number of aromatic hydroxyl groups is 1. The van der Waals surface area contributed by atoms with Crippen LogP contribution in [0.15, 0.2) is 24.4 Å². The number of phenolic OH excluding ortho intramolecular Hbond substituents is 1. The Balaban J connectivity index is 2.58. The van der Waals surface area contributed by atoms with E-state index in [0.29, 0.717) is 0 Å². The summed E-state index contributed by atoms with van der Waals surface area (Å²) in [5, 5.41) is 18.9. The largest absolute Gasteiger partial charge is 0.507 e. The third kappa shape index (κ3) is 1.99. The first-order valence-corrected chi connectivity index (χ1v) is 5.19. The Bertz CT molecular complexity index is 547. The molecule has 0 saturated heterocycles. The molecule has 1 amide bonds. The van der Waals surface area contributed by atoms with Crippen molar-refractivity contribution in [3.63, 3.8) is 0 Å². The van der Waals surface area contributed by atoms with Gasteiger partial charge in [0, 0.05) is 18.8 Å². The fourth-order valence-electron chi connectivity index (χ4n) is 1.71. The molecular formula is C12H13N3O2. The fourth-order valence-corrected chi connectivity index (χ4v) is 1.71. The van der Waals surface area contributed by atoms with E-state index in [0.717, 1.165) is 16.8 Å². The summed E-state index contributed by atoms with van der Waals surface area (Å²) < 4.78 is 0. The highest BCUT2D eigenvalue weighted by Crippen LogP contribution is 2.28. The summed E-state index contributed by atoms with van der Waals surface area (Å²) >= 11 is 0. The Morgan fingerprint density at radius 3 is 2.82 bits per heavy atom. The van der Waals surface area contributed by atoms with Crippen molar-refractivity contribution in [1.29, 1.82) is 0 Å². The molecule has 0 saturated carbocycles. The van der Waals surface area contributed by atoms with Crippen LogP contribution in [0.5, 0.6) is 5.75 Å². The van der Waals surface area contributed by atoms with Crippen LogP contribution in [0.2, 0.25) is 0 Å². The van der Waals surface area contributed by atoms with E-state index in [1.807, 2.05) is 13.0 Å². The van der Waals surface area contributed by atoms with Crippen LogP contribution in [0, 0.1) is 6.92 Å². The van der Waals surface area contributed by atoms with E-state index in [1.165, 1.54) is 7.05 Å². The van der Waals surface area contributed by atoms with Gasteiger partial charge in [0.1, 0.15) is 5.75 Å². The average molecular weight is 231 g/mol. The molecular weight excluding hydrogens is 218 g/mol. The van der Waals surface area contributed by atoms with E-state index in [1.54, 1.807) is 18.3 Å². The number of nitrogens with zero attached hydrogens (tertiary/aromatic N) is 1. The van der Waals surface area contributed by atoms with Crippen LogP contribution in [0.3, 0.4) is 0 Å². The summed E-state index contributed by atoms with van der Waals surface area (Å²) in [5.41, 5.74) is 2.79. The second-order valence-electron chi connectivity index (χ2n) is 3.73. The highest BCUT2D eigenvalue weighted by molar-refractivity contribution is 5.98. The van der Waals surface area contributed by atoms with Gasteiger partial charge in [0.15, 0.2) is 0 Å². The predicted octanol–water partition coefficient (Wildman–Crippen LogP) is 1.45. The van der Waals surface area contributed by atoms with Crippen molar-refractivity contribution >= 4 is 5.91 Å². The fraction of sp³-hybridized carbons (Fsp3) is 0.167. The van der Waals surface area contributed by atoms with Gasteiger partial charge in [-0.2, -0.15) is 5.10 Å². The number of benzene rings is 1. The molecule has 3 N–H and O–H groups in total. The molecule has 0 fully saturated rings. The molecule has 5 nitrogen and oxygen atoms in total. The van der Waals surface area contributed by atoms with E-state index < -0.39 is 0 Å². The molecule has 0 bridgehead atoms. The maximum absolute atomic E-state index is 11.6. The lowest BCUT2D eigenvalue weighted by Crippen LogP contribution is -2.18. The number of nitrogens with one attached hydrogen (secondary N) is 2. The van der Waals surface area contributed by atoms with Crippen molar-refractivity contribution in [3.05, 3.63) is 35.5 Å². The van der Waals surface area contributed by atoms with E-state index >= 15 is 0 Å². The molecule has 2 aromatic rings. The predicted molar refractivity (Wildman–Crippen MR) is 63.8 cm³/mol. The topological polar surface area (TPSA) is 78.0 Å². The highest BCUT2D eigenvalue weighted by Gasteiger charge is 2.14. The number of phenols is 1. The van der Waals surface area contributed by atoms with Crippen LogP contribution in [-0.2, 0) is 0 Å². The van der Waals surface area contributed by atoms with Gasteiger partial charge in [-0.1, -0.05) is 0 Å². The van der Waals surface area contributed by atoms with Gasteiger partial charge in [-0.05, 0) is 30.7 Å². The van der Waals surface area contributed by atoms with Crippen molar-refractivity contribution in [3.8, 4) is 17.0 Å². The average Bonchev–Trinajstić information content (AvgIpc) is 2.81. The van der Waals surface area contributed by atoms with E-state index in [4.69, 9.17) is 0 Å². The zero-order chi connectivity index (χ0) is 12.4. The summed E-state index contributed by atoms with van der Waals surface area (Å²) in [6.07, 6.45) is 1.64. The molecule has 0 unspecified atom stereocenters. The third-order valence-electron chi connectivity index (χ3n) is 2.61. The van der Waals surface area contributed by atoms with Gasteiger partial charge in [-0.15, -0.1) is 0 Å². The SMILES string of the molecule is CNC(=O)c1cc(-c2ccn[nH]2)c(C)cc1O. The van der Waals surface area contributed by atoms with Crippen LogP contribution in [0.25, 0.3) is 11.3 Å². The first-order valence-electron chi connectivity index (χ1n) is 5.19. The number of amides is 1. The quantitative estimate of drug-likeness (QED) is 0.732. The number of carbonyl (C=O) groups excluding carboxylic acids is 1. The molecule has 1 aromatic carbocycles. The number of hydrogen-bond acceptors (Lipinski definition) is 3. The summed E-state index contributed by atoms with van der Waals surface area (Å²) in [6, 6.07) is 5.03. The van der Waals surface area contributed by atoms with Crippen LogP contribution in [-0.4, -0.2) is 28.3 Å². The molecule has 0 aliphatic carbocycles. The second-order valence-corrected chi connectivity index (χ2v) is 3.73. The monoisotopic (exact) mass is 231 g/mol. The lowest BCUT2D eigenvalue weighted by Gasteiger charge is -2.09. The molecule has 0 spiro atoms. The number of carbonyl (C=O) groups is 1. The number of hydrogen-bond donors (Lipinski definition) is 3. The van der Waals surface area contributed by atoms with Gasteiger partial charge in [0.2, 0.25) is 0 Å². The van der Waals surface area contributed by atoms with Gasteiger partial charge in [0.25, 0.3) is 5.91 Å². The molecule has 5 heteroatoms. The summed E-state index contributed by atoms with van der Waals surface area (Å²) in [7, 11) is 1.53. The minimum absolute atomic E-state index is 0.0230. The van der Waals surface area contributed by atoms with Gasteiger partial charge < -0.3 is 10.4 Å². The van der Waals surface area contributed by atoms with Gasteiger partial charge in [-0.3, -0.25) is 9.89 Å². The number of aryl methyl sites for hydroxylation is 1. The van der Waals surface area contributed by atoms with Crippen molar-refractivity contribution in [2.75, 3.05) is 7.05 Å². The Morgan fingerprint density at radius 2 is 2.24 bits per heavy atom. The first-order chi connectivity index (χ1) is 8.13. The number of aromatic nitrogens is 2. The number of rotatable bonds is 2. The van der Waals surface area contributed by atoms with Crippen LogP contribution < -0.4 is 5.32 Å². The van der Waals surface area contributed by atoms with Crippen molar-refractivity contribution < 1.29 is 9.90 Å². The molecule has 1 aromatic heterocycles. The van der Waals surface area contributed by atoms with Gasteiger partial charge in [0.05, 0.1) is 11.3 Å². The van der Waals surface area contributed by atoms with Crippen LogP contribution >= 0.6 is 0 Å². The number of H-pyrrole nitrogens is 1. The maximum Gasteiger partial charge on any atom is 0.254 e. The maximum atomic E-state index is 11.6. The Morgan fingerprint density at radius 1 is 1.47 bits per heavy atom. The summed E-state index contributed by atoms with van der Waals surface area (Å²) in [6.45, 7) is 1.86. The summed E-state index contributed by atoms with van der Waals surface area (Å²) in [4.78, 5) is 11.6. The highest BCUT2D eigenvalue weighted by atomic mass is 16.3. The summed E-state index contributed by atoms with van der Waals surface area (Å²) in [5.74, 6) is -0.339. The molecule has 2 rings (SSSR count). The van der Waals surface area contributed by atoms with E-state index in [9.17, 15) is 9.90 Å². The minimum atomic E-state index is -0.316. The van der Waals surface area contributed by atoms with E-state index in [2.05, 4.69) is 15.5 Å². The molecule has 0 aliphatic rings. The minimum Gasteiger partial charge on any atom is -0.507 e. The zero-order valence-electron chi connectivity index (χ0n) is 9.61. The molecule has 0 aliphatic heterocycles.